The Morgan fingerprint density at radius 3 is 2.76 bits per heavy atom. The van der Waals surface area contributed by atoms with Gasteiger partial charge in [-0.1, -0.05) is 22.9 Å². The Kier molecular flexibility index (Phi) is 5.60. The number of rotatable bonds is 4. The summed E-state index contributed by atoms with van der Waals surface area (Å²) in [5.41, 5.74) is 4.23. The van der Waals surface area contributed by atoms with Crippen LogP contribution < -0.4 is 10.2 Å². The molecule has 4 heterocycles. The van der Waals surface area contributed by atoms with Crippen molar-refractivity contribution in [2.45, 2.75) is 32.7 Å². The van der Waals surface area contributed by atoms with E-state index in [4.69, 9.17) is 4.98 Å². The summed E-state index contributed by atoms with van der Waals surface area (Å²) in [6.07, 6.45) is 7.22. The predicted octanol–water partition coefficient (Wildman–Crippen LogP) is 3.44. The van der Waals surface area contributed by atoms with Gasteiger partial charge in [0.05, 0.1) is 12.2 Å². The first-order valence-electron chi connectivity index (χ1n) is 11.2. The lowest BCUT2D eigenvalue weighted by Crippen LogP contribution is -2.49. The molecule has 1 atom stereocenters. The zero-order chi connectivity index (χ0) is 22.9. The molecule has 33 heavy (non-hydrogen) atoms. The van der Waals surface area contributed by atoms with Crippen LogP contribution in [0.2, 0.25) is 0 Å². The number of aromatic nitrogens is 5. The molecule has 0 aliphatic carbocycles. The van der Waals surface area contributed by atoms with Crippen molar-refractivity contribution in [1.82, 2.24) is 30.3 Å². The molecule has 1 aliphatic heterocycles. The van der Waals surface area contributed by atoms with Crippen molar-refractivity contribution < 1.29 is 4.79 Å². The molecule has 3 aromatic heterocycles. The Labute approximate surface area is 192 Å². The fourth-order valence-electron chi connectivity index (χ4n) is 4.64. The van der Waals surface area contributed by atoms with E-state index in [1.807, 2.05) is 30.3 Å². The van der Waals surface area contributed by atoms with E-state index in [-0.39, 0.29) is 11.9 Å². The van der Waals surface area contributed by atoms with E-state index < -0.39 is 0 Å². The summed E-state index contributed by atoms with van der Waals surface area (Å²) in [7, 11) is 1.82. The average molecular weight is 442 g/mol. The van der Waals surface area contributed by atoms with Gasteiger partial charge in [0.2, 0.25) is 0 Å². The highest BCUT2D eigenvalue weighted by atomic mass is 16.2. The summed E-state index contributed by atoms with van der Waals surface area (Å²) in [6.45, 7) is 5.86. The van der Waals surface area contributed by atoms with Gasteiger partial charge >= 0.3 is 0 Å². The minimum atomic E-state index is -0.144. The van der Waals surface area contributed by atoms with Crippen molar-refractivity contribution >= 4 is 22.5 Å². The minimum Gasteiger partial charge on any atom is -0.315 e. The number of piperidine rings is 1. The molecule has 1 amide bonds. The molecular formula is C25H27N7O. The van der Waals surface area contributed by atoms with Gasteiger partial charge in [0.25, 0.3) is 5.91 Å². The molecule has 8 heteroatoms. The van der Waals surface area contributed by atoms with Crippen molar-refractivity contribution in [3.63, 3.8) is 0 Å². The number of anilines is 1. The summed E-state index contributed by atoms with van der Waals surface area (Å²) in [5.74, 6) is 0.554. The molecule has 1 saturated heterocycles. The normalized spacial score (nSPS) is 16.2. The first kappa shape index (κ1) is 21.2. The highest BCUT2D eigenvalue weighted by molar-refractivity contribution is 6.10. The molecule has 1 fully saturated rings. The Balaban J connectivity index is 1.58. The van der Waals surface area contributed by atoms with Crippen LogP contribution >= 0.6 is 0 Å². The molecule has 5 rings (SSSR count). The molecule has 4 aromatic rings. The molecule has 1 aliphatic rings. The van der Waals surface area contributed by atoms with E-state index in [1.165, 1.54) is 5.56 Å². The fourth-order valence-corrected chi connectivity index (χ4v) is 4.64. The largest absolute Gasteiger partial charge is 0.315 e. The van der Waals surface area contributed by atoms with Gasteiger partial charge in [-0.05, 0) is 62.4 Å². The fraction of sp³-hybridized carbons (Fsp3) is 0.320. The number of nitrogens with zero attached hydrogens (tertiary/aromatic N) is 6. The topological polar surface area (TPSA) is 88.8 Å². The molecule has 1 aromatic carbocycles. The van der Waals surface area contributed by atoms with Gasteiger partial charge in [-0.15, -0.1) is 5.10 Å². The van der Waals surface area contributed by atoms with Gasteiger partial charge < -0.3 is 5.32 Å². The number of aryl methyl sites for hydroxylation is 3. The van der Waals surface area contributed by atoms with E-state index in [9.17, 15) is 4.79 Å². The third-order valence-corrected chi connectivity index (χ3v) is 6.15. The first-order chi connectivity index (χ1) is 16.0. The van der Waals surface area contributed by atoms with Crippen LogP contribution in [0.5, 0.6) is 0 Å². The van der Waals surface area contributed by atoms with Crippen LogP contribution in [0.3, 0.4) is 0 Å². The summed E-state index contributed by atoms with van der Waals surface area (Å²) >= 11 is 0. The van der Waals surface area contributed by atoms with Crippen LogP contribution in [0.4, 0.5) is 5.82 Å². The molecule has 0 saturated carbocycles. The zero-order valence-corrected chi connectivity index (χ0v) is 19.1. The van der Waals surface area contributed by atoms with E-state index in [0.29, 0.717) is 11.5 Å². The standard InChI is InChI=1S/C25H27N7O/c1-16-11-17(2)23-18(12-16)8-10-27-24(23)32(20-5-4-9-26-14-20)25(33)21-7-6-19(13-28-21)22-15-31(3)30-29-22/h6-8,10-13,15,20,26H,4-5,9,14H2,1-3H3/t20-/m1/s1. The van der Waals surface area contributed by atoms with Crippen LogP contribution in [-0.4, -0.2) is 50.0 Å². The number of pyridine rings is 2. The van der Waals surface area contributed by atoms with Crippen LogP contribution in [0.1, 0.15) is 34.5 Å². The van der Waals surface area contributed by atoms with Crippen LogP contribution in [0.25, 0.3) is 22.0 Å². The van der Waals surface area contributed by atoms with Crippen molar-refractivity contribution in [3.05, 3.63) is 65.7 Å². The summed E-state index contributed by atoms with van der Waals surface area (Å²) < 4.78 is 1.64. The van der Waals surface area contributed by atoms with Crippen LogP contribution in [0, 0.1) is 13.8 Å². The minimum absolute atomic E-state index is 0.00604. The Morgan fingerprint density at radius 2 is 2.06 bits per heavy atom. The van der Waals surface area contributed by atoms with Crippen molar-refractivity contribution in [1.29, 1.82) is 0 Å². The highest BCUT2D eigenvalue weighted by Gasteiger charge is 2.31. The van der Waals surface area contributed by atoms with E-state index in [2.05, 4.69) is 46.6 Å². The lowest BCUT2D eigenvalue weighted by atomic mass is 10.0. The molecule has 1 N–H and O–H groups in total. The van der Waals surface area contributed by atoms with Gasteiger partial charge in [0.1, 0.15) is 17.2 Å². The Hall–Kier alpha value is -3.65. The number of fused-ring (bicyclic) bond motifs is 1. The van der Waals surface area contributed by atoms with Gasteiger partial charge in [-0.2, -0.15) is 0 Å². The third kappa shape index (κ3) is 4.09. The van der Waals surface area contributed by atoms with Crippen LogP contribution in [0.15, 0.2) is 48.9 Å². The molecule has 0 bridgehead atoms. The summed E-state index contributed by atoms with van der Waals surface area (Å²) in [5, 5.41) is 13.6. The van der Waals surface area contributed by atoms with Crippen molar-refractivity contribution in [2.75, 3.05) is 18.0 Å². The summed E-state index contributed by atoms with van der Waals surface area (Å²) in [4.78, 5) is 25.0. The number of hydrogen-bond acceptors (Lipinski definition) is 6. The van der Waals surface area contributed by atoms with Gasteiger partial charge in [-0.3, -0.25) is 19.4 Å². The lowest BCUT2D eigenvalue weighted by molar-refractivity contribution is 0.0967. The highest BCUT2D eigenvalue weighted by Crippen LogP contribution is 2.32. The van der Waals surface area contributed by atoms with Crippen molar-refractivity contribution in [2.24, 2.45) is 7.05 Å². The maximum Gasteiger partial charge on any atom is 0.278 e. The average Bonchev–Trinajstić information content (AvgIpc) is 3.26. The Bertz CT molecular complexity index is 1310. The third-order valence-electron chi connectivity index (χ3n) is 6.15. The van der Waals surface area contributed by atoms with E-state index in [0.717, 1.165) is 53.5 Å². The zero-order valence-electron chi connectivity index (χ0n) is 19.1. The molecule has 8 nitrogen and oxygen atoms in total. The lowest BCUT2D eigenvalue weighted by Gasteiger charge is -2.34. The summed E-state index contributed by atoms with van der Waals surface area (Å²) in [6, 6.07) is 9.93. The molecule has 0 unspecified atom stereocenters. The predicted molar refractivity (Wildman–Crippen MR) is 128 cm³/mol. The van der Waals surface area contributed by atoms with Gasteiger partial charge in [-0.25, -0.2) is 4.98 Å². The van der Waals surface area contributed by atoms with Crippen LogP contribution in [-0.2, 0) is 7.05 Å². The van der Waals surface area contributed by atoms with Crippen molar-refractivity contribution in [3.8, 4) is 11.3 Å². The Morgan fingerprint density at radius 1 is 1.18 bits per heavy atom. The number of hydrogen-bond donors (Lipinski definition) is 1. The maximum atomic E-state index is 13.9. The number of carbonyl (C=O) groups excluding carboxylic acids is 1. The molecule has 0 radical (unpaired) electrons. The number of carbonyl (C=O) groups is 1. The molecule has 168 valence electrons. The molecule has 0 spiro atoms. The second kappa shape index (κ2) is 8.71. The first-order valence-corrected chi connectivity index (χ1v) is 11.2. The van der Waals surface area contributed by atoms with Gasteiger partial charge in [0.15, 0.2) is 0 Å². The second-order valence-electron chi connectivity index (χ2n) is 8.70. The monoisotopic (exact) mass is 441 g/mol. The number of nitrogens with one attached hydrogen (secondary N) is 1. The molecular weight excluding hydrogens is 414 g/mol. The number of amides is 1. The second-order valence-corrected chi connectivity index (χ2v) is 8.70. The smallest absolute Gasteiger partial charge is 0.278 e. The van der Waals surface area contributed by atoms with Gasteiger partial charge in [0, 0.05) is 36.9 Å². The maximum absolute atomic E-state index is 13.9. The van der Waals surface area contributed by atoms with E-state index in [1.54, 1.807) is 23.1 Å². The van der Waals surface area contributed by atoms with E-state index >= 15 is 0 Å². The quantitative estimate of drug-likeness (QED) is 0.522. The number of benzene rings is 1. The SMILES string of the molecule is Cc1cc(C)c2c(N(C(=O)c3ccc(-c4cn(C)nn4)cn3)[C@@H]3CCCNC3)nccc2c1.